The maximum absolute atomic E-state index is 12.8. The third kappa shape index (κ3) is 4.26. The third-order valence-electron chi connectivity index (χ3n) is 5.06. The number of nitrogens with zero attached hydrogens (tertiary/aromatic N) is 4. The molecule has 2 aromatic carbocycles. The van der Waals surface area contributed by atoms with Crippen LogP contribution in [-0.2, 0) is 10.0 Å². The molecule has 33 heavy (non-hydrogen) atoms. The highest BCUT2D eigenvalue weighted by molar-refractivity contribution is 7.92. The van der Waals surface area contributed by atoms with Gasteiger partial charge in [-0.2, -0.15) is 0 Å². The van der Waals surface area contributed by atoms with E-state index in [9.17, 15) is 8.42 Å². The van der Waals surface area contributed by atoms with Gasteiger partial charge < -0.3 is 0 Å². The molecule has 0 aliphatic rings. The number of halogens is 1. The number of fused-ring (bicyclic) bond motifs is 1. The number of aromatic nitrogens is 4. The molecule has 0 atom stereocenters. The summed E-state index contributed by atoms with van der Waals surface area (Å²) in [4.78, 5) is 17.2. The van der Waals surface area contributed by atoms with Gasteiger partial charge in [0, 0.05) is 35.1 Å². The van der Waals surface area contributed by atoms with E-state index in [1.807, 2.05) is 30.3 Å². The Morgan fingerprint density at radius 3 is 2.36 bits per heavy atom. The zero-order chi connectivity index (χ0) is 22.8. The second-order valence-corrected chi connectivity index (χ2v) is 9.21. The van der Waals surface area contributed by atoms with Gasteiger partial charge in [-0.3, -0.25) is 9.71 Å². The number of benzene rings is 2. The summed E-state index contributed by atoms with van der Waals surface area (Å²) in [5.41, 5.74) is 4.18. The van der Waals surface area contributed by atoms with E-state index < -0.39 is 10.0 Å². The number of hydrogen-bond acceptors (Lipinski definition) is 6. The van der Waals surface area contributed by atoms with Gasteiger partial charge in [0.05, 0.1) is 21.8 Å². The van der Waals surface area contributed by atoms with Crippen molar-refractivity contribution in [2.45, 2.75) is 4.90 Å². The molecule has 5 rings (SSSR count). The standard InChI is InChI=1S/C24H16ClN5O2S/c25-24-22(30-33(31,32)19-4-2-1-3-5-19)13-18(14-27-24)17-6-7-21-20(12-17)23(29-15-28-21)16-8-10-26-11-9-16/h1-15,30H. The molecule has 5 aromatic rings. The molecule has 3 aromatic heterocycles. The highest BCUT2D eigenvalue weighted by atomic mass is 35.5. The van der Waals surface area contributed by atoms with E-state index in [2.05, 4.69) is 24.7 Å². The van der Waals surface area contributed by atoms with E-state index in [-0.39, 0.29) is 15.7 Å². The van der Waals surface area contributed by atoms with E-state index in [4.69, 9.17) is 11.6 Å². The summed E-state index contributed by atoms with van der Waals surface area (Å²) in [6, 6.07) is 19.2. The quantitative estimate of drug-likeness (QED) is 0.352. The van der Waals surface area contributed by atoms with Crippen LogP contribution in [-0.4, -0.2) is 28.4 Å². The number of pyridine rings is 2. The molecule has 0 saturated carbocycles. The highest BCUT2D eigenvalue weighted by Gasteiger charge is 2.17. The summed E-state index contributed by atoms with van der Waals surface area (Å²) in [7, 11) is -3.81. The lowest BCUT2D eigenvalue weighted by molar-refractivity contribution is 0.601. The lowest BCUT2D eigenvalue weighted by atomic mass is 10.0. The van der Waals surface area contributed by atoms with Gasteiger partial charge in [0.15, 0.2) is 5.15 Å². The molecule has 0 fully saturated rings. The van der Waals surface area contributed by atoms with Gasteiger partial charge in [-0.25, -0.2) is 23.4 Å². The predicted molar refractivity (Wildman–Crippen MR) is 128 cm³/mol. The Bertz CT molecular complexity index is 1560. The number of sulfonamides is 1. The average molecular weight is 474 g/mol. The van der Waals surface area contributed by atoms with E-state index in [0.717, 1.165) is 27.7 Å². The minimum Gasteiger partial charge on any atom is -0.276 e. The third-order valence-corrected chi connectivity index (χ3v) is 6.74. The second-order valence-electron chi connectivity index (χ2n) is 7.17. The summed E-state index contributed by atoms with van der Waals surface area (Å²) < 4.78 is 28.1. The molecule has 0 saturated heterocycles. The Balaban J connectivity index is 1.57. The van der Waals surface area contributed by atoms with Crippen molar-refractivity contribution >= 4 is 38.2 Å². The highest BCUT2D eigenvalue weighted by Crippen LogP contribution is 2.32. The molecule has 0 unspecified atom stereocenters. The largest absolute Gasteiger partial charge is 0.276 e. The predicted octanol–water partition coefficient (Wildman–Crippen LogP) is 5.21. The van der Waals surface area contributed by atoms with E-state index in [0.29, 0.717) is 5.56 Å². The molecule has 9 heteroatoms. The van der Waals surface area contributed by atoms with Crippen molar-refractivity contribution in [3.8, 4) is 22.4 Å². The van der Waals surface area contributed by atoms with Crippen molar-refractivity contribution in [3.05, 3.63) is 96.8 Å². The van der Waals surface area contributed by atoms with Crippen LogP contribution in [0.4, 0.5) is 5.69 Å². The van der Waals surface area contributed by atoms with Crippen LogP contribution in [0.2, 0.25) is 5.15 Å². The zero-order valence-corrected chi connectivity index (χ0v) is 18.6. The van der Waals surface area contributed by atoms with Crippen molar-refractivity contribution in [2.24, 2.45) is 0 Å². The molecule has 0 amide bonds. The lowest BCUT2D eigenvalue weighted by Gasteiger charge is -2.12. The van der Waals surface area contributed by atoms with Gasteiger partial charge in [0.25, 0.3) is 10.0 Å². The molecule has 0 radical (unpaired) electrons. The molecule has 0 spiro atoms. The van der Waals surface area contributed by atoms with Gasteiger partial charge in [-0.05, 0) is 48.0 Å². The van der Waals surface area contributed by atoms with Crippen molar-refractivity contribution in [2.75, 3.05) is 4.72 Å². The maximum atomic E-state index is 12.8. The van der Waals surface area contributed by atoms with E-state index in [1.165, 1.54) is 18.5 Å². The summed E-state index contributed by atoms with van der Waals surface area (Å²) in [6.45, 7) is 0. The van der Waals surface area contributed by atoms with Crippen molar-refractivity contribution in [3.63, 3.8) is 0 Å². The smallest absolute Gasteiger partial charge is 0.261 e. The van der Waals surface area contributed by atoms with Crippen molar-refractivity contribution < 1.29 is 8.42 Å². The normalized spacial score (nSPS) is 11.4. The van der Waals surface area contributed by atoms with Crippen molar-refractivity contribution in [1.29, 1.82) is 0 Å². The fourth-order valence-electron chi connectivity index (χ4n) is 3.46. The summed E-state index contributed by atoms with van der Waals surface area (Å²) in [5.74, 6) is 0. The lowest BCUT2D eigenvalue weighted by Crippen LogP contribution is -2.13. The molecule has 0 aliphatic carbocycles. The van der Waals surface area contributed by atoms with Crippen molar-refractivity contribution in [1.82, 2.24) is 19.9 Å². The SMILES string of the molecule is O=S(=O)(Nc1cc(-c2ccc3ncnc(-c4ccncc4)c3c2)cnc1Cl)c1ccccc1. The van der Waals surface area contributed by atoms with Crippen LogP contribution in [0.15, 0.2) is 96.5 Å². The number of nitrogens with one attached hydrogen (secondary N) is 1. The number of hydrogen-bond donors (Lipinski definition) is 1. The first-order chi connectivity index (χ1) is 16.0. The summed E-state index contributed by atoms with van der Waals surface area (Å²) in [5, 5.41) is 0.905. The average Bonchev–Trinajstić information content (AvgIpc) is 2.85. The summed E-state index contributed by atoms with van der Waals surface area (Å²) in [6.07, 6.45) is 6.54. The Hall–Kier alpha value is -3.88. The first kappa shape index (κ1) is 21.0. The molecular formula is C24H16ClN5O2S. The first-order valence-corrected chi connectivity index (χ1v) is 11.8. The maximum Gasteiger partial charge on any atom is 0.261 e. The van der Waals surface area contributed by atoms with Gasteiger partial charge >= 0.3 is 0 Å². The molecule has 0 aliphatic heterocycles. The van der Waals surface area contributed by atoms with Crippen LogP contribution in [0, 0.1) is 0 Å². The van der Waals surface area contributed by atoms with E-state index in [1.54, 1.807) is 42.9 Å². The topological polar surface area (TPSA) is 97.7 Å². The molecular weight excluding hydrogens is 458 g/mol. The number of anilines is 1. The van der Waals surface area contributed by atoms with Gasteiger partial charge in [-0.1, -0.05) is 35.9 Å². The minimum atomic E-state index is -3.81. The Morgan fingerprint density at radius 1 is 0.788 bits per heavy atom. The van der Waals surface area contributed by atoms with Crippen LogP contribution in [0.25, 0.3) is 33.3 Å². The summed E-state index contributed by atoms with van der Waals surface area (Å²) >= 11 is 6.21. The van der Waals surface area contributed by atoms with Crippen LogP contribution >= 0.6 is 11.6 Å². The Kier molecular flexibility index (Phi) is 5.45. The first-order valence-electron chi connectivity index (χ1n) is 9.90. The molecule has 3 heterocycles. The molecule has 0 bridgehead atoms. The van der Waals surface area contributed by atoms with Gasteiger partial charge in [0.2, 0.25) is 0 Å². The number of rotatable bonds is 5. The van der Waals surface area contributed by atoms with Gasteiger partial charge in [0.1, 0.15) is 6.33 Å². The molecule has 1 N–H and O–H groups in total. The van der Waals surface area contributed by atoms with Crippen LogP contribution < -0.4 is 4.72 Å². The second kappa shape index (κ2) is 8.57. The van der Waals surface area contributed by atoms with Crippen LogP contribution in [0.5, 0.6) is 0 Å². The van der Waals surface area contributed by atoms with Gasteiger partial charge in [-0.15, -0.1) is 0 Å². The van der Waals surface area contributed by atoms with Crippen LogP contribution in [0.1, 0.15) is 0 Å². The fraction of sp³-hybridized carbons (Fsp3) is 0. The molecule has 162 valence electrons. The van der Waals surface area contributed by atoms with E-state index >= 15 is 0 Å². The van der Waals surface area contributed by atoms with Crippen LogP contribution in [0.3, 0.4) is 0 Å². The Morgan fingerprint density at radius 2 is 1.58 bits per heavy atom. The zero-order valence-electron chi connectivity index (χ0n) is 17.1. The molecule has 7 nitrogen and oxygen atoms in total. The Labute approximate surface area is 195 Å². The minimum absolute atomic E-state index is 0.0554. The fourth-order valence-corrected chi connectivity index (χ4v) is 4.74. The monoisotopic (exact) mass is 473 g/mol.